The van der Waals surface area contributed by atoms with Crippen molar-refractivity contribution < 1.29 is 40.7 Å². The molecule has 1 aromatic carbocycles. The number of carbonyl (C=O) groups excluding carboxylic acids is 1. The number of ether oxygens (including phenoxy) is 2. The van der Waals surface area contributed by atoms with Gasteiger partial charge in [0.05, 0.1) is 36.7 Å². The van der Waals surface area contributed by atoms with Crippen LogP contribution in [-0.4, -0.2) is 103 Å². The number of carbonyl (C=O) groups is 1. The highest BCUT2D eigenvalue weighted by atomic mass is 32.2. The van der Waals surface area contributed by atoms with Gasteiger partial charge in [-0.3, -0.25) is 9.52 Å². The van der Waals surface area contributed by atoms with Gasteiger partial charge in [-0.1, -0.05) is 12.1 Å². The summed E-state index contributed by atoms with van der Waals surface area (Å²) in [5, 5.41) is 13.9. The predicted molar refractivity (Wildman–Crippen MR) is 177 cm³/mol. The Bertz CT molecular complexity index is 1770. The summed E-state index contributed by atoms with van der Waals surface area (Å²) in [6.45, 7) is 8.54. The number of sulfonamides is 2. The molecule has 4 rings (SSSR count). The fraction of sp³-hybridized carbons (Fsp3) is 0.581. The summed E-state index contributed by atoms with van der Waals surface area (Å²) in [6.07, 6.45) is 4.02. The summed E-state index contributed by atoms with van der Waals surface area (Å²) in [4.78, 5) is 19.8. The molecule has 1 aliphatic rings. The van der Waals surface area contributed by atoms with Gasteiger partial charge in [0, 0.05) is 51.6 Å². The largest absolute Gasteiger partial charge is 0.490 e. The van der Waals surface area contributed by atoms with Gasteiger partial charge >= 0.3 is 0 Å². The highest BCUT2D eigenvalue weighted by Gasteiger charge is 2.33. The second kappa shape index (κ2) is 15.4. The number of rotatable bonds is 9. The average Bonchev–Trinajstić information content (AvgIpc) is 3.63. The first-order chi connectivity index (χ1) is 22.5. The molecule has 0 spiro atoms. The van der Waals surface area contributed by atoms with Crippen molar-refractivity contribution in [1.82, 2.24) is 23.9 Å². The van der Waals surface area contributed by atoms with Crippen LogP contribution < -0.4 is 9.46 Å². The number of benzene rings is 1. The lowest BCUT2D eigenvalue weighted by molar-refractivity contribution is -0.00835. The Morgan fingerprint density at radius 1 is 1.17 bits per heavy atom. The van der Waals surface area contributed by atoms with Crippen LogP contribution in [0.1, 0.15) is 61.8 Å². The van der Waals surface area contributed by atoms with Crippen LogP contribution in [0.25, 0.3) is 0 Å². The molecule has 17 heteroatoms. The lowest BCUT2D eigenvalue weighted by Crippen LogP contribution is -2.48. The van der Waals surface area contributed by atoms with Crippen LogP contribution in [0.3, 0.4) is 0 Å². The number of aromatic nitrogens is 3. The van der Waals surface area contributed by atoms with E-state index in [4.69, 9.17) is 14.0 Å². The highest BCUT2D eigenvalue weighted by molar-refractivity contribution is 7.92. The first-order valence-corrected chi connectivity index (χ1v) is 18.7. The third-order valence-corrected chi connectivity index (χ3v) is 11.7. The van der Waals surface area contributed by atoms with Gasteiger partial charge in [-0.25, -0.2) is 21.8 Å². The second-order valence-corrected chi connectivity index (χ2v) is 16.0. The summed E-state index contributed by atoms with van der Waals surface area (Å²) >= 11 is 0. The van der Waals surface area contributed by atoms with Crippen molar-refractivity contribution in [3.8, 4) is 5.75 Å². The zero-order valence-corrected chi connectivity index (χ0v) is 30.0. The molecule has 3 heterocycles. The molecule has 0 bridgehead atoms. The fourth-order valence-corrected chi connectivity index (χ4v) is 8.07. The van der Waals surface area contributed by atoms with E-state index in [0.29, 0.717) is 19.4 Å². The number of amides is 1. The van der Waals surface area contributed by atoms with Crippen LogP contribution in [0.4, 0.5) is 5.69 Å². The van der Waals surface area contributed by atoms with Gasteiger partial charge in [0.25, 0.3) is 26.0 Å². The van der Waals surface area contributed by atoms with Crippen molar-refractivity contribution in [3.63, 3.8) is 0 Å². The van der Waals surface area contributed by atoms with Crippen molar-refractivity contribution in [3.05, 3.63) is 47.7 Å². The van der Waals surface area contributed by atoms with Crippen molar-refractivity contribution in [2.45, 2.75) is 82.1 Å². The molecule has 266 valence electrons. The number of hydrogen-bond acceptors (Lipinski definition) is 11. The monoisotopic (exact) mass is 710 g/mol. The highest BCUT2D eigenvalue weighted by Crippen LogP contribution is 2.30. The molecular formula is C31H46N6O9S2. The van der Waals surface area contributed by atoms with Crippen LogP contribution in [0, 0.1) is 19.8 Å². The number of fused-ring (bicyclic) bond motifs is 1. The van der Waals surface area contributed by atoms with E-state index in [9.17, 15) is 26.7 Å². The van der Waals surface area contributed by atoms with E-state index in [0.717, 1.165) is 6.42 Å². The maximum atomic E-state index is 14.4. The number of likely N-dealkylation sites (N-methyl/N-ethyl adjacent to an activating group) is 1. The zero-order chi connectivity index (χ0) is 35.4. The van der Waals surface area contributed by atoms with E-state index >= 15 is 0 Å². The molecule has 0 saturated heterocycles. The Kier molecular flexibility index (Phi) is 11.9. The van der Waals surface area contributed by atoms with Crippen LogP contribution in [0.15, 0.2) is 45.2 Å². The Morgan fingerprint density at radius 3 is 2.52 bits per heavy atom. The van der Waals surface area contributed by atoms with Crippen molar-refractivity contribution in [2.24, 2.45) is 13.0 Å². The summed E-state index contributed by atoms with van der Waals surface area (Å²) < 4.78 is 76.0. The molecule has 15 nitrogen and oxygen atoms in total. The van der Waals surface area contributed by atoms with E-state index in [2.05, 4.69) is 14.9 Å². The number of aliphatic hydroxyl groups excluding tert-OH is 1. The van der Waals surface area contributed by atoms with Crippen LogP contribution in [0.2, 0.25) is 0 Å². The Morgan fingerprint density at radius 2 is 1.90 bits per heavy atom. The average molecular weight is 711 g/mol. The predicted octanol–water partition coefficient (Wildman–Crippen LogP) is 2.94. The van der Waals surface area contributed by atoms with Gasteiger partial charge in [-0.05, 0) is 65.2 Å². The molecular weight excluding hydrogens is 665 g/mol. The lowest BCUT2D eigenvalue weighted by Gasteiger charge is -2.35. The maximum absolute atomic E-state index is 14.4. The molecule has 0 aliphatic carbocycles. The van der Waals surface area contributed by atoms with Gasteiger partial charge in [-0.2, -0.15) is 4.31 Å². The minimum Gasteiger partial charge on any atom is -0.490 e. The van der Waals surface area contributed by atoms with Crippen LogP contribution in [-0.2, 0) is 31.8 Å². The van der Waals surface area contributed by atoms with Gasteiger partial charge in [0.2, 0.25) is 0 Å². The standard InChI is InChI=1S/C31H46N6O9S2/c1-20-15-37(21(2)18-38)31(39)26-14-25(34-47(40,41)30-23(4)33-46-24(30)5)11-12-27(26)45-22(3)10-8-9-13-44-28(20)16-36(7)48(42,43)29-17-35(6)19-32-29/h11-12,14,17,19-22,28,34,38H,8-10,13,15-16,18H2,1-7H3/t20-,21-,22-,28-/m0/s1. The molecule has 1 aliphatic heterocycles. The van der Waals surface area contributed by atoms with Gasteiger partial charge in [0.15, 0.2) is 15.7 Å². The molecule has 48 heavy (non-hydrogen) atoms. The molecule has 2 aromatic heterocycles. The summed E-state index contributed by atoms with van der Waals surface area (Å²) in [6, 6.07) is 3.82. The second-order valence-electron chi connectivity index (χ2n) is 12.4. The Balaban J connectivity index is 1.69. The number of aryl methyl sites for hydroxylation is 3. The number of imidazole rings is 1. The summed E-state index contributed by atoms with van der Waals surface area (Å²) in [5.41, 5.74) is 0.406. The summed E-state index contributed by atoms with van der Waals surface area (Å²) in [5.74, 6) is -0.508. The van der Waals surface area contributed by atoms with Crippen molar-refractivity contribution in [1.29, 1.82) is 0 Å². The molecule has 0 radical (unpaired) electrons. The third-order valence-electron chi connectivity index (χ3n) is 8.33. The number of aliphatic hydroxyl groups is 1. The first kappa shape index (κ1) is 37.3. The SMILES string of the molecule is Cc1noc(C)c1S(=O)(=O)Nc1ccc2c(c1)C(=O)N([C@@H](C)CO)C[C@H](C)[C@H](CN(C)S(=O)(=O)c1cn(C)cn1)OCCCC[C@H](C)O2. The fourth-order valence-electron chi connectivity index (χ4n) is 5.55. The smallest absolute Gasteiger partial charge is 0.267 e. The first-order valence-electron chi connectivity index (χ1n) is 15.8. The van der Waals surface area contributed by atoms with Gasteiger partial charge in [-0.15, -0.1) is 0 Å². The van der Waals surface area contributed by atoms with E-state index < -0.39 is 44.0 Å². The third kappa shape index (κ3) is 8.55. The topological polar surface area (TPSA) is 186 Å². The Hall–Kier alpha value is -3.51. The minimum absolute atomic E-state index is 0.000653. The molecule has 0 unspecified atom stereocenters. The zero-order valence-electron chi connectivity index (χ0n) is 28.4. The van der Waals surface area contributed by atoms with E-state index in [-0.39, 0.29) is 64.2 Å². The summed E-state index contributed by atoms with van der Waals surface area (Å²) in [7, 11) is -4.89. The van der Waals surface area contributed by atoms with E-state index in [1.165, 1.54) is 54.8 Å². The lowest BCUT2D eigenvalue weighted by atomic mass is 10.0. The van der Waals surface area contributed by atoms with Crippen molar-refractivity contribution >= 4 is 31.6 Å². The van der Waals surface area contributed by atoms with E-state index in [1.54, 1.807) is 24.6 Å². The normalized spacial score (nSPS) is 21.0. The van der Waals surface area contributed by atoms with E-state index in [1.807, 2.05) is 13.8 Å². The number of anilines is 1. The molecule has 0 fully saturated rings. The molecule has 3 aromatic rings. The molecule has 4 atom stereocenters. The number of nitrogens with one attached hydrogen (secondary N) is 1. The number of nitrogens with zero attached hydrogens (tertiary/aromatic N) is 5. The van der Waals surface area contributed by atoms with Gasteiger partial charge in [0.1, 0.15) is 11.4 Å². The minimum atomic E-state index is -4.12. The number of hydrogen-bond donors (Lipinski definition) is 2. The van der Waals surface area contributed by atoms with Gasteiger partial charge < -0.3 is 28.6 Å². The van der Waals surface area contributed by atoms with Crippen LogP contribution >= 0.6 is 0 Å². The molecule has 2 N–H and O–H groups in total. The maximum Gasteiger partial charge on any atom is 0.267 e. The quantitative estimate of drug-likeness (QED) is 0.333. The molecule has 1 amide bonds. The molecule has 0 saturated carbocycles. The Labute approximate surface area is 282 Å². The van der Waals surface area contributed by atoms with Crippen molar-refractivity contribution in [2.75, 3.05) is 38.1 Å². The van der Waals surface area contributed by atoms with Crippen LogP contribution in [0.5, 0.6) is 5.75 Å².